The molecule has 1 amide bonds. The molecule has 0 aromatic rings. The van der Waals surface area contributed by atoms with Crippen molar-refractivity contribution in [2.45, 2.75) is 6.42 Å². The second-order valence-corrected chi connectivity index (χ2v) is 1.59. The number of rotatable bonds is 4. The van der Waals surface area contributed by atoms with E-state index in [1.54, 1.807) is 12.2 Å². The van der Waals surface area contributed by atoms with E-state index in [4.69, 9.17) is 0 Å². The third kappa shape index (κ3) is 4.81. The Bertz CT molecular complexity index is 118. The fraction of sp³-hybridized carbons (Fsp3) is 0.286. The van der Waals surface area contributed by atoms with Crippen LogP contribution >= 0.6 is 0 Å². The fourth-order valence-electron chi connectivity index (χ4n) is 0.389. The van der Waals surface area contributed by atoms with Crippen LogP contribution in [-0.2, 0) is 4.79 Å². The lowest BCUT2D eigenvalue weighted by atomic mass is 10.6. The van der Waals surface area contributed by atoms with Gasteiger partial charge in [0.05, 0.1) is 0 Å². The summed E-state index contributed by atoms with van der Waals surface area (Å²) < 4.78 is 0. The minimum atomic E-state index is -0.00935. The maximum atomic E-state index is 10.6. The summed E-state index contributed by atoms with van der Waals surface area (Å²) in [5.74, 6) is -0.00935. The highest BCUT2D eigenvalue weighted by Gasteiger charge is 1.91. The number of carbonyl (C=O) groups is 1. The molecule has 0 aliphatic rings. The van der Waals surface area contributed by atoms with Gasteiger partial charge in [-0.2, -0.15) is 0 Å². The molecule has 0 rings (SSSR count). The second-order valence-electron chi connectivity index (χ2n) is 1.59. The van der Waals surface area contributed by atoms with Crippen LogP contribution in [0.2, 0.25) is 0 Å². The summed E-state index contributed by atoms with van der Waals surface area (Å²) in [6, 6.07) is 0. The zero-order valence-electron chi connectivity index (χ0n) is 5.39. The quantitative estimate of drug-likeness (QED) is 0.439. The lowest BCUT2D eigenvalue weighted by molar-refractivity contribution is -0.120. The van der Waals surface area contributed by atoms with Crippen molar-refractivity contribution >= 4 is 5.91 Å². The van der Waals surface area contributed by atoms with Crippen molar-refractivity contribution in [3.8, 4) is 0 Å². The van der Waals surface area contributed by atoms with Gasteiger partial charge in [-0.25, -0.2) is 0 Å². The van der Waals surface area contributed by atoms with Crippen molar-refractivity contribution in [1.29, 1.82) is 0 Å². The number of hydrogen-bond donors (Lipinski definition) is 1. The Kier molecular flexibility index (Phi) is 4.50. The monoisotopic (exact) mass is 126 g/mol. The molecule has 0 aliphatic heterocycles. The molecule has 0 radical (unpaired) electrons. The SMILES string of the molecule is C=CCN[13C](=O)CC=C. The molecule has 0 heterocycles. The van der Waals surface area contributed by atoms with Gasteiger partial charge in [-0.05, 0) is 0 Å². The summed E-state index contributed by atoms with van der Waals surface area (Å²) in [5.41, 5.74) is 0. The molecule has 0 aromatic carbocycles. The molecule has 1 N–H and O–H groups in total. The summed E-state index contributed by atoms with van der Waals surface area (Å²) in [5, 5.41) is 2.60. The molecule has 0 fully saturated rings. The van der Waals surface area contributed by atoms with E-state index in [-0.39, 0.29) is 5.91 Å². The van der Waals surface area contributed by atoms with E-state index in [0.717, 1.165) is 0 Å². The van der Waals surface area contributed by atoms with Crippen molar-refractivity contribution in [2.24, 2.45) is 0 Å². The topological polar surface area (TPSA) is 29.1 Å². The molecular weight excluding hydrogens is 115 g/mol. The maximum Gasteiger partial charge on any atom is 0.224 e. The molecular formula is C7H11NO. The van der Waals surface area contributed by atoms with Gasteiger partial charge in [0.2, 0.25) is 5.91 Å². The van der Waals surface area contributed by atoms with Gasteiger partial charge in [0.1, 0.15) is 0 Å². The van der Waals surface area contributed by atoms with Crippen LogP contribution < -0.4 is 5.32 Å². The summed E-state index contributed by atoms with van der Waals surface area (Å²) in [6.07, 6.45) is 3.59. The van der Waals surface area contributed by atoms with Crippen LogP contribution in [0.15, 0.2) is 25.3 Å². The normalized spacial score (nSPS) is 8.00. The third-order valence-electron chi connectivity index (χ3n) is 0.773. The Morgan fingerprint density at radius 3 is 2.56 bits per heavy atom. The fourth-order valence-corrected chi connectivity index (χ4v) is 0.389. The number of hydrogen-bond acceptors (Lipinski definition) is 1. The Hall–Kier alpha value is -1.05. The summed E-state index contributed by atoms with van der Waals surface area (Å²) in [7, 11) is 0. The molecule has 0 aliphatic carbocycles. The first-order valence-corrected chi connectivity index (χ1v) is 2.79. The van der Waals surface area contributed by atoms with Crippen molar-refractivity contribution in [2.75, 3.05) is 6.54 Å². The first-order valence-electron chi connectivity index (χ1n) is 2.79. The molecule has 0 aromatic heterocycles. The summed E-state index contributed by atoms with van der Waals surface area (Å²) in [6.45, 7) is 7.41. The first-order chi connectivity index (χ1) is 4.31. The minimum Gasteiger partial charge on any atom is -0.352 e. The van der Waals surface area contributed by atoms with Gasteiger partial charge in [-0.1, -0.05) is 12.2 Å². The van der Waals surface area contributed by atoms with Crippen LogP contribution in [0.3, 0.4) is 0 Å². The predicted octanol–water partition coefficient (Wildman–Crippen LogP) is 0.865. The van der Waals surface area contributed by atoms with E-state index >= 15 is 0 Å². The number of carbonyl (C=O) groups excluding carboxylic acids is 1. The largest absolute Gasteiger partial charge is 0.352 e. The number of nitrogens with one attached hydrogen (secondary N) is 1. The van der Waals surface area contributed by atoms with E-state index in [1.165, 1.54) is 0 Å². The van der Waals surface area contributed by atoms with Gasteiger partial charge in [0.15, 0.2) is 0 Å². The minimum absolute atomic E-state index is 0.00935. The smallest absolute Gasteiger partial charge is 0.224 e. The molecule has 0 saturated carbocycles. The van der Waals surface area contributed by atoms with E-state index in [0.29, 0.717) is 13.0 Å². The molecule has 2 heteroatoms. The standard InChI is InChI=1S/C7H11NO/c1-3-5-7(9)8-6-4-2/h3-4H,1-2,5-6H2,(H,8,9)/i7+1. The van der Waals surface area contributed by atoms with Crippen LogP contribution in [0.1, 0.15) is 6.42 Å². The van der Waals surface area contributed by atoms with E-state index in [9.17, 15) is 4.79 Å². The Morgan fingerprint density at radius 2 is 2.11 bits per heavy atom. The van der Waals surface area contributed by atoms with Crippen LogP contribution in [-0.4, -0.2) is 12.5 Å². The van der Waals surface area contributed by atoms with Gasteiger partial charge in [0, 0.05) is 13.0 Å². The Morgan fingerprint density at radius 1 is 1.44 bits per heavy atom. The van der Waals surface area contributed by atoms with Gasteiger partial charge >= 0.3 is 0 Å². The average Bonchev–Trinajstić information content (AvgIpc) is 1.85. The van der Waals surface area contributed by atoms with Crippen molar-refractivity contribution < 1.29 is 4.79 Å². The highest BCUT2D eigenvalue weighted by Crippen LogP contribution is 1.77. The van der Waals surface area contributed by atoms with Crippen LogP contribution in [0.5, 0.6) is 0 Å². The molecule has 0 atom stereocenters. The zero-order valence-corrected chi connectivity index (χ0v) is 5.39. The molecule has 0 bridgehead atoms. The van der Waals surface area contributed by atoms with Gasteiger partial charge in [-0.3, -0.25) is 4.79 Å². The molecule has 9 heavy (non-hydrogen) atoms. The van der Waals surface area contributed by atoms with E-state index in [1.807, 2.05) is 0 Å². The van der Waals surface area contributed by atoms with Crippen LogP contribution in [0.25, 0.3) is 0 Å². The van der Waals surface area contributed by atoms with Crippen LogP contribution in [0.4, 0.5) is 0 Å². The zero-order chi connectivity index (χ0) is 7.11. The third-order valence-corrected chi connectivity index (χ3v) is 0.773. The average molecular weight is 126 g/mol. The Balaban J connectivity index is 3.26. The molecule has 0 spiro atoms. The van der Waals surface area contributed by atoms with Crippen LogP contribution in [0, 0.1) is 0 Å². The van der Waals surface area contributed by atoms with Crippen molar-refractivity contribution in [3.63, 3.8) is 0 Å². The molecule has 2 nitrogen and oxygen atoms in total. The number of amides is 1. The molecule has 50 valence electrons. The second kappa shape index (κ2) is 5.09. The lowest BCUT2D eigenvalue weighted by Gasteiger charge is -1.95. The lowest BCUT2D eigenvalue weighted by Crippen LogP contribution is -2.21. The molecule has 0 unspecified atom stereocenters. The predicted molar refractivity (Wildman–Crippen MR) is 38.0 cm³/mol. The first kappa shape index (κ1) is 7.95. The van der Waals surface area contributed by atoms with Crippen molar-refractivity contribution in [3.05, 3.63) is 25.3 Å². The van der Waals surface area contributed by atoms with Gasteiger partial charge in [0.25, 0.3) is 0 Å². The van der Waals surface area contributed by atoms with E-state index in [2.05, 4.69) is 18.5 Å². The van der Waals surface area contributed by atoms with E-state index < -0.39 is 0 Å². The van der Waals surface area contributed by atoms with Gasteiger partial charge in [-0.15, -0.1) is 13.2 Å². The summed E-state index contributed by atoms with van der Waals surface area (Å²) in [4.78, 5) is 10.6. The Labute approximate surface area is 55.3 Å². The maximum absolute atomic E-state index is 10.6. The summed E-state index contributed by atoms with van der Waals surface area (Å²) >= 11 is 0. The van der Waals surface area contributed by atoms with Gasteiger partial charge < -0.3 is 5.32 Å². The van der Waals surface area contributed by atoms with Crippen molar-refractivity contribution in [1.82, 2.24) is 5.32 Å². The highest BCUT2D eigenvalue weighted by atomic mass is 16.2. The highest BCUT2D eigenvalue weighted by molar-refractivity contribution is 5.77. The molecule has 0 saturated heterocycles.